The molecule has 0 aromatic carbocycles. The van der Waals surface area contributed by atoms with Crippen molar-refractivity contribution in [1.29, 1.82) is 0 Å². The molecule has 2 heteroatoms. The molecule has 0 aromatic rings. The van der Waals surface area contributed by atoms with Gasteiger partial charge in [0.05, 0.1) is 0 Å². The Morgan fingerprint density at radius 1 is 1.00 bits per heavy atom. The number of nitrogens with two attached hydrogens (primary N) is 2. The molecule has 0 saturated carbocycles. The summed E-state index contributed by atoms with van der Waals surface area (Å²) in [4.78, 5) is 0. The second-order valence-corrected chi connectivity index (χ2v) is 2.27. The third-order valence-corrected chi connectivity index (χ3v) is 1.36. The lowest BCUT2D eigenvalue weighted by Gasteiger charge is -1.93. The Morgan fingerprint density at radius 2 is 1.70 bits per heavy atom. The summed E-state index contributed by atoms with van der Waals surface area (Å²) in [5.74, 6) is 2.82. The molecule has 10 heavy (non-hydrogen) atoms. The molecule has 0 fully saturated rings. The van der Waals surface area contributed by atoms with Gasteiger partial charge in [-0.2, -0.15) is 0 Å². The Bertz CT molecular complexity index is 110. The van der Waals surface area contributed by atoms with Crippen molar-refractivity contribution < 1.29 is 0 Å². The van der Waals surface area contributed by atoms with Gasteiger partial charge in [-0.25, -0.2) is 0 Å². The Hall–Kier alpha value is -0.680. The van der Waals surface area contributed by atoms with E-state index < -0.39 is 0 Å². The molecule has 4 N–H and O–H groups in total. The summed E-state index contributed by atoms with van der Waals surface area (Å²) in [6.45, 7) is 0.808. The zero-order chi connectivity index (χ0) is 7.66. The maximum Gasteiger partial charge on any atom is 0.0107 e. The summed E-state index contributed by atoms with van der Waals surface area (Å²) in [6.07, 6.45) is 5.68. The van der Waals surface area contributed by atoms with Gasteiger partial charge in [-0.15, -0.1) is 0 Å². The van der Waals surface area contributed by atoms with Crippen molar-refractivity contribution in [3.05, 3.63) is 0 Å². The lowest BCUT2D eigenvalue weighted by Crippen LogP contribution is -1.97. The van der Waals surface area contributed by atoms with E-state index in [2.05, 4.69) is 12.0 Å². The summed E-state index contributed by atoms with van der Waals surface area (Å²) in [7, 11) is 0. The summed E-state index contributed by atoms with van der Waals surface area (Å²) in [6, 6.07) is 2.38. The molecule has 0 spiro atoms. The fourth-order valence-corrected chi connectivity index (χ4v) is 0.783. The minimum absolute atomic E-state index is 0.808. The fourth-order valence-electron chi connectivity index (χ4n) is 0.783. The van der Waals surface area contributed by atoms with Crippen LogP contribution in [-0.2, 0) is 0 Å². The molecule has 0 atom stereocenters. The number of hydrogen-bond donors (Lipinski definition) is 2. The molecule has 0 aliphatic heterocycles. The normalized spacial score (nSPS) is 8.50. The van der Waals surface area contributed by atoms with Crippen molar-refractivity contribution in [1.82, 2.24) is 0 Å². The lowest BCUT2D eigenvalue weighted by molar-refractivity contribution is 0.657. The van der Waals surface area contributed by atoms with Gasteiger partial charge in [-0.05, 0) is 19.4 Å². The number of rotatable bonds is 5. The van der Waals surface area contributed by atoms with E-state index in [-0.39, 0.29) is 0 Å². The lowest BCUT2D eigenvalue weighted by atomic mass is 10.1. The van der Waals surface area contributed by atoms with Crippen LogP contribution in [0.15, 0.2) is 0 Å². The zero-order valence-electron chi connectivity index (χ0n) is 6.40. The smallest absolute Gasteiger partial charge is 0.0107 e. The maximum absolute atomic E-state index is 5.32. The van der Waals surface area contributed by atoms with Crippen molar-refractivity contribution in [2.24, 2.45) is 11.5 Å². The molecule has 0 aromatic heterocycles. The van der Waals surface area contributed by atoms with Crippen LogP contribution in [0, 0.1) is 12.0 Å². The van der Waals surface area contributed by atoms with Crippen molar-refractivity contribution >= 4 is 0 Å². The Morgan fingerprint density at radius 3 is 2.30 bits per heavy atom. The molecule has 0 aliphatic carbocycles. The van der Waals surface area contributed by atoms with Gasteiger partial charge in [0.15, 0.2) is 0 Å². The molecule has 0 saturated heterocycles. The third-order valence-electron chi connectivity index (χ3n) is 1.36. The number of hydrogen-bond acceptors (Lipinski definition) is 2. The minimum atomic E-state index is 0.808. The molecule has 0 rings (SSSR count). The third kappa shape index (κ3) is 7.32. The Balaban J connectivity index is 2.82. The molecule has 0 unspecified atom stereocenters. The summed E-state index contributed by atoms with van der Waals surface area (Å²) in [5, 5.41) is 0. The molecule has 2 nitrogen and oxygen atoms in total. The predicted octanol–water partition coefficient (Wildman–Crippen LogP) is 0.815. The van der Waals surface area contributed by atoms with E-state index in [1.807, 2.05) is 0 Å². The van der Waals surface area contributed by atoms with E-state index in [4.69, 9.17) is 11.5 Å². The largest absolute Gasteiger partial charge is 0.359 e. The van der Waals surface area contributed by atoms with E-state index in [0.717, 1.165) is 25.8 Å². The van der Waals surface area contributed by atoms with Crippen LogP contribution >= 0.6 is 0 Å². The summed E-state index contributed by atoms with van der Waals surface area (Å²) >= 11 is 0. The molecule has 0 aliphatic rings. The first-order valence-electron chi connectivity index (χ1n) is 3.80. The van der Waals surface area contributed by atoms with Gasteiger partial charge in [-0.3, -0.25) is 0 Å². The van der Waals surface area contributed by atoms with Crippen LogP contribution in [0.5, 0.6) is 0 Å². The van der Waals surface area contributed by atoms with Crippen LogP contribution in [0.1, 0.15) is 32.1 Å². The van der Waals surface area contributed by atoms with Crippen LogP contribution in [0.25, 0.3) is 0 Å². The first kappa shape index (κ1) is 9.32. The monoisotopic (exact) mass is 140 g/mol. The zero-order valence-corrected chi connectivity index (χ0v) is 6.40. The van der Waals surface area contributed by atoms with Gasteiger partial charge in [0.2, 0.25) is 0 Å². The van der Waals surface area contributed by atoms with E-state index >= 15 is 0 Å². The molecular weight excluding hydrogens is 124 g/mol. The van der Waals surface area contributed by atoms with Gasteiger partial charge >= 0.3 is 0 Å². The topological polar surface area (TPSA) is 52.0 Å². The second-order valence-electron chi connectivity index (χ2n) is 2.27. The maximum atomic E-state index is 5.32. The highest BCUT2D eigenvalue weighted by molar-refractivity contribution is 4.92. The van der Waals surface area contributed by atoms with Crippen molar-refractivity contribution in [3.63, 3.8) is 0 Å². The Labute approximate surface area is 63.0 Å². The van der Waals surface area contributed by atoms with E-state index in [0.29, 0.717) is 0 Å². The average molecular weight is 140 g/mol. The van der Waals surface area contributed by atoms with Crippen molar-refractivity contribution in [2.75, 3.05) is 6.54 Å². The highest BCUT2D eigenvalue weighted by Gasteiger charge is 1.85. The van der Waals surface area contributed by atoms with Gasteiger partial charge in [0.25, 0.3) is 0 Å². The fraction of sp³-hybridized carbons (Fsp3) is 0.750. The molecule has 0 bridgehead atoms. The van der Waals surface area contributed by atoms with Crippen LogP contribution in [0.4, 0.5) is 0 Å². The van der Waals surface area contributed by atoms with E-state index in [1.165, 1.54) is 12.8 Å². The molecule has 0 radical (unpaired) electrons. The van der Waals surface area contributed by atoms with Crippen LogP contribution in [-0.4, -0.2) is 6.54 Å². The molecule has 58 valence electrons. The van der Waals surface area contributed by atoms with Gasteiger partial charge in [0, 0.05) is 12.5 Å². The predicted molar refractivity (Wildman–Crippen MR) is 44.1 cm³/mol. The highest BCUT2D eigenvalue weighted by atomic mass is 14.5. The molecular formula is C8H16N2. The molecule has 0 amide bonds. The van der Waals surface area contributed by atoms with Crippen molar-refractivity contribution in [3.8, 4) is 12.0 Å². The van der Waals surface area contributed by atoms with Gasteiger partial charge < -0.3 is 11.5 Å². The highest BCUT2D eigenvalue weighted by Crippen LogP contribution is 2.00. The van der Waals surface area contributed by atoms with Gasteiger partial charge in [0.1, 0.15) is 0 Å². The quantitative estimate of drug-likeness (QED) is 0.337. The summed E-state index contributed by atoms with van der Waals surface area (Å²) < 4.78 is 0. The van der Waals surface area contributed by atoms with Crippen LogP contribution in [0.2, 0.25) is 0 Å². The first-order valence-corrected chi connectivity index (χ1v) is 3.80. The van der Waals surface area contributed by atoms with E-state index in [1.54, 1.807) is 0 Å². The van der Waals surface area contributed by atoms with Crippen molar-refractivity contribution in [2.45, 2.75) is 32.1 Å². The standard InChI is InChI=1S/C8H16N2/c9-7-5-3-1-2-4-6-8-10/h1-5,7,9-10H2. The molecule has 0 heterocycles. The summed E-state index contributed by atoms with van der Waals surface area (Å²) in [5.41, 5.74) is 10.3. The van der Waals surface area contributed by atoms with Crippen LogP contribution < -0.4 is 11.5 Å². The minimum Gasteiger partial charge on any atom is -0.359 e. The van der Waals surface area contributed by atoms with Crippen LogP contribution in [0.3, 0.4) is 0 Å². The number of unbranched alkanes of at least 4 members (excludes halogenated alkanes) is 4. The van der Waals surface area contributed by atoms with Gasteiger partial charge in [-0.1, -0.05) is 18.8 Å². The second kappa shape index (κ2) is 8.32. The SMILES string of the molecule is NC#CCCCCCCN. The average Bonchev–Trinajstić information content (AvgIpc) is 1.97. The first-order chi connectivity index (χ1) is 4.91. The Kier molecular flexibility index (Phi) is 7.75. The van der Waals surface area contributed by atoms with E-state index in [9.17, 15) is 0 Å².